The maximum atomic E-state index is 4.67. The first-order chi connectivity index (χ1) is 8.33. The van der Waals surface area contributed by atoms with E-state index in [1.165, 1.54) is 25.0 Å². The third kappa shape index (κ3) is 2.17. The van der Waals surface area contributed by atoms with Crippen LogP contribution >= 0.6 is 0 Å². The number of nitrogens with one attached hydrogen (secondary N) is 1. The highest BCUT2D eigenvalue weighted by atomic mass is 15.0. The summed E-state index contributed by atoms with van der Waals surface area (Å²) in [6, 6.07) is 0.599. The minimum absolute atomic E-state index is 0.599. The number of imidazole rings is 1. The van der Waals surface area contributed by atoms with Crippen LogP contribution in [-0.4, -0.2) is 27.0 Å². The highest BCUT2D eigenvalue weighted by Gasteiger charge is 2.15. The van der Waals surface area contributed by atoms with E-state index < -0.39 is 0 Å². The van der Waals surface area contributed by atoms with Gasteiger partial charge in [0.25, 0.3) is 0 Å². The average molecular weight is 230 g/mol. The van der Waals surface area contributed by atoms with Crippen LogP contribution in [0.2, 0.25) is 0 Å². The second-order valence-electron chi connectivity index (χ2n) is 4.83. The number of aromatic nitrogens is 3. The zero-order chi connectivity index (χ0) is 11.7. The predicted molar refractivity (Wildman–Crippen MR) is 67.1 cm³/mol. The molecular weight excluding hydrogens is 212 g/mol. The molecule has 0 radical (unpaired) electrons. The number of hydrogen-bond acceptors (Lipinski definition) is 3. The highest BCUT2D eigenvalue weighted by Crippen LogP contribution is 2.14. The smallest absolute Gasteiger partial charge is 0.158 e. The van der Waals surface area contributed by atoms with Crippen LogP contribution in [0, 0.1) is 6.92 Å². The van der Waals surface area contributed by atoms with Crippen molar-refractivity contribution in [1.29, 1.82) is 0 Å². The summed E-state index contributed by atoms with van der Waals surface area (Å²) in [5, 5.41) is 3.56. The maximum Gasteiger partial charge on any atom is 0.158 e. The van der Waals surface area contributed by atoms with Crippen LogP contribution in [0.15, 0.2) is 18.6 Å². The van der Waals surface area contributed by atoms with E-state index >= 15 is 0 Å². The Balaban J connectivity index is 1.83. The van der Waals surface area contributed by atoms with Crippen LogP contribution in [-0.2, 0) is 6.42 Å². The second kappa shape index (κ2) is 4.45. The number of fused-ring (bicyclic) bond motifs is 1. The van der Waals surface area contributed by atoms with E-state index in [1.54, 1.807) is 0 Å². The zero-order valence-corrected chi connectivity index (χ0v) is 10.2. The van der Waals surface area contributed by atoms with E-state index in [0.717, 1.165) is 24.3 Å². The SMILES string of the molecule is Cc1nccn2cc(C[C@@H]3CCCCN3)nc12. The maximum absolute atomic E-state index is 4.67. The molecule has 1 saturated heterocycles. The van der Waals surface area contributed by atoms with Crippen LogP contribution in [0.3, 0.4) is 0 Å². The van der Waals surface area contributed by atoms with Gasteiger partial charge in [0.1, 0.15) is 0 Å². The normalized spacial score (nSPS) is 20.9. The van der Waals surface area contributed by atoms with Gasteiger partial charge in [-0.1, -0.05) is 6.42 Å². The molecule has 0 aromatic carbocycles. The lowest BCUT2D eigenvalue weighted by molar-refractivity contribution is 0.397. The quantitative estimate of drug-likeness (QED) is 0.854. The highest BCUT2D eigenvalue weighted by molar-refractivity contribution is 5.44. The van der Waals surface area contributed by atoms with Gasteiger partial charge in [-0.3, -0.25) is 4.98 Å². The Morgan fingerprint density at radius 1 is 1.47 bits per heavy atom. The Hall–Kier alpha value is -1.42. The number of piperidine rings is 1. The van der Waals surface area contributed by atoms with Crippen molar-refractivity contribution in [2.24, 2.45) is 0 Å². The average Bonchev–Trinajstić information content (AvgIpc) is 2.74. The molecule has 1 aliphatic rings. The Bertz CT molecular complexity index is 511. The number of hydrogen-bond donors (Lipinski definition) is 1. The molecule has 3 heterocycles. The number of aryl methyl sites for hydroxylation is 1. The van der Waals surface area contributed by atoms with E-state index in [2.05, 4.69) is 25.9 Å². The molecule has 4 nitrogen and oxygen atoms in total. The van der Waals surface area contributed by atoms with Gasteiger partial charge >= 0.3 is 0 Å². The van der Waals surface area contributed by atoms with E-state index in [-0.39, 0.29) is 0 Å². The first kappa shape index (κ1) is 10.7. The number of rotatable bonds is 2. The summed E-state index contributed by atoms with van der Waals surface area (Å²) in [6.07, 6.45) is 10.9. The molecule has 3 rings (SSSR count). The van der Waals surface area contributed by atoms with E-state index in [4.69, 9.17) is 0 Å². The fourth-order valence-electron chi connectivity index (χ4n) is 2.55. The minimum atomic E-state index is 0.599. The van der Waals surface area contributed by atoms with Crippen LogP contribution in [0.25, 0.3) is 5.65 Å². The molecular formula is C13H18N4. The molecule has 1 atom stereocenters. The van der Waals surface area contributed by atoms with Gasteiger partial charge in [0.05, 0.1) is 11.4 Å². The van der Waals surface area contributed by atoms with Gasteiger partial charge in [-0.25, -0.2) is 4.98 Å². The molecule has 4 heteroatoms. The molecule has 0 saturated carbocycles. The Morgan fingerprint density at radius 2 is 2.41 bits per heavy atom. The summed E-state index contributed by atoms with van der Waals surface area (Å²) in [4.78, 5) is 8.94. The lowest BCUT2D eigenvalue weighted by Crippen LogP contribution is -2.35. The summed E-state index contributed by atoms with van der Waals surface area (Å²) in [6.45, 7) is 3.16. The van der Waals surface area contributed by atoms with Crippen LogP contribution < -0.4 is 5.32 Å². The lowest BCUT2D eigenvalue weighted by Gasteiger charge is -2.22. The minimum Gasteiger partial charge on any atom is -0.314 e. The van der Waals surface area contributed by atoms with Crippen LogP contribution in [0.5, 0.6) is 0 Å². The third-order valence-electron chi connectivity index (χ3n) is 3.47. The summed E-state index contributed by atoms with van der Waals surface area (Å²) >= 11 is 0. The molecule has 2 aromatic rings. The molecule has 2 aromatic heterocycles. The van der Waals surface area contributed by atoms with Crippen LogP contribution in [0.1, 0.15) is 30.7 Å². The largest absolute Gasteiger partial charge is 0.314 e. The van der Waals surface area contributed by atoms with Gasteiger partial charge in [0.15, 0.2) is 5.65 Å². The van der Waals surface area contributed by atoms with Crippen molar-refractivity contribution in [3.8, 4) is 0 Å². The van der Waals surface area contributed by atoms with E-state index in [0.29, 0.717) is 6.04 Å². The lowest BCUT2D eigenvalue weighted by atomic mass is 10.0. The Kier molecular flexibility index (Phi) is 2.81. The summed E-state index contributed by atoms with van der Waals surface area (Å²) in [5.74, 6) is 0. The van der Waals surface area contributed by atoms with Gasteiger partial charge in [-0.2, -0.15) is 0 Å². The monoisotopic (exact) mass is 230 g/mol. The first-order valence-electron chi connectivity index (χ1n) is 6.35. The number of nitrogens with zero attached hydrogens (tertiary/aromatic N) is 3. The molecule has 1 N–H and O–H groups in total. The summed E-state index contributed by atoms with van der Waals surface area (Å²) in [5.41, 5.74) is 3.15. The molecule has 90 valence electrons. The predicted octanol–water partition coefficient (Wildman–Crippen LogP) is 1.72. The van der Waals surface area contributed by atoms with E-state index in [1.807, 2.05) is 19.3 Å². The summed E-state index contributed by atoms with van der Waals surface area (Å²) in [7, 11) is 0. The van der Waals surface area contributed by atoms with Crippen molar-refractivity contribution < 1.29 is 0 Å². The van der Waals surface area contributed by atoms with Gasteiger partial charge in [0, 0.05) is 31.1 Å². The molecule has 0 aliphatic carbocycles. The van der Waals surface area contributed by atoms with Crippen molar-refractivity contribution in [1.82, 2.24) is 19.7 Å². The van der Waals surface area contributed by atoms with Gasteiger partial charge < -0.3 is 9.72 Å². The second-order valence-corrected chi connectivity index (χ2v) is 4.83. The molecule has 17 heavy (non-hydrogen) atoms. The molecule has 0 amide bonds. The third-order valence-corrected chi connectivity index (χ3v) is 3.47. The van der Waals surface area contributed by atoms with Crippen molar-refractivity contribution in [2.75, 3.05) is 6.54 Å². The fraction of sp³-hybridized carbons (Fsp3) is 0.538. The molecule has 0 unspecified atom stereocenters. The Morgan fingerprint density at radius 3 is 3.18 bits per heavy atom. The van der Waals surface area contributed by atoms with Crippen molar-refractivity contribution >= 4 is 5.65 Å². The van der Waals surface area contributed by atoms with E-state index in [9.17, 15) is 0 Å². The fourth-order valence-corrected chi connectivity index (χ4v) is 2.55. The van der Waals surface area contributed by atoms with Gasteiger partial charge in [-0.15, -0.1) is 0 Å². The standard InChI is InChI=1S/C13H18N4/c1-10-13-16-12(9-17(13)7-6-14-10)8-11-4-2-3-5-15-11/h6-7,9,11,15H,2-5,8H2,1H3/t11-/m0/s1. The van der Waals surface area contributed by atoms with Crippen molar-refractivity contribution in [2.45, 2.75) is 38.6 Å². The van der Waals surface area contributed by atoms with Crippen molar-refractivity contribution in [3.05, 3.63) is 30.0 Å². The zero-order valence-electron chi connectivity index (χ0n) is 10.2. The van der Waals surface area contributed by atoms with Crippen molar-refractivity contribution in [3.63, 3.8) is 0 Å². The summed E-state index contributed by atoms with van der Waals surface area (Å²) < 4.78 is 2.07. The van der Waals surface area contributed by atoms with Gasteiger partial charge in [0.2, 0.25) is 0 Å². The molecule has 1 fully saturated rings. The Labute approximate surface area is 101 Å². The topological polar surface area (TPSA) is 42.2 Å². The first-order valence-corrected chi connectivity index (χ1v) is 6.35. The molecule has 0 bridgehead atoms. The van der Waals surface area contributed by atoms with Gasteiger partial charge in [-0.05, 0) is 26.3 Å². The molecule has 1 aliphatic heterocycles. The molecule has 0 spiro atoms. The van der Waals surface area contributed by atoms with Crippen LogP contribution in [0.4, 0.5) is 0 Å².